The molecule has 0 aromatic heterocycles. The molecule has 0 bridgehead atoms. The topological polar surface area (TPSA) is 79.5 Å². The Balaban J connectivity index is 2.13. The molecule has 1 aliphatic carbocycles. The Hall–Kier alpha value is -2.48. The molecular weight excluding hydrogens is 280 g/mol. The summed E-state index contributed by atoms with van der Waals surface area (Å²) in [5.41, 5.74) is 2.05. The van der Waals surface area contributed by atoms with Crippen LogP contribution in [0.3, 0.4) is 0 Å². The molecule has 0 radical (unpaired) electrons. The van der Waals surface area contributed by atoms with Crippen LogP contribution in [0.15, 0.2) is 29.3 Å². The van der Waals surface area contributed by atoms with Crippen molar-refractivity contribution in [1.29, 1.82) is 5.26 Å². The van der Waals surface area contributed by atoms with Crippen molar-refractivity contribution >= 4 is 23.2 Å². The largest absolute Gasteiger partial charge is 0.465 e. The summed E-state index contributed by atoms with van der Waals surface area (Å²) in [7, 11) is 0. The lowest BCUT2D eigenvalue weighted by molar-refractivity contribution is -0.153. The van der Waals surface area contributed by atoms with Gasteiger partial charge < -0.3 is 4.74 Å². The molecular formula is C17H18N2O3. The average molecular weight is 298 g/mol. The van der Waals surface area contributed by atoms with E-state index in [-0.39, 0.29) is 24.7 Å². The number of hydrogen-bond donors (Lipinski definition) is 0. The van der Waals surface area contributed by atoms with E-state index in [1.165, 1.54) is 0 Å². The highest BCUT2D eigenvalue weighted by Crippen LogP contribution is 2.28. The highest BCUT2D eigenvalue weighted by molar-refractivity contribution is 6.12. The van der Waals surface area contributed by atoms with Gasteiger partial charge in [0.2, 0.25) is 0 Å². The quantitative estimate of drug-likeness (QED) is 0.635. The summed E-state index contributed by atoms with van der Waals surface area (Å²) < 4.78 is 4.97. The summed E-state index contributed by atoms with van der Waals surface area (Å²) in [5.74, 6) is -1.36. The molecule has 1 aliphatic rings. The van der Waals surface area contributed by atoms with Gasteiger partial charge in [-0.15, -0.1) is 0 Å². The second kappa shape index (κ2) is 6.99. The Bertz CT molecular complexity index is 641. The van der Waals surface area contributed by atoms with E-state index in [4.69, 9.17) is 10.00 Å². The predicted molar refractivity (Wildman–Crippen MR) is 81.8 cm³/mol. The normalized spacial score (nSPS) is 23.1. The Morgan fingerprint density at radius 3 is 2.64 bits per heavy atom. The molecule has 0 N–H and O–H groups in total. The molecule has 2 unspecified atom stereocenters. The number of hydrogen-bond acceptors (Lipinski definition) is 5. The second-order valence-corrected chi connectivity index (χ2v) is 5.39. The van der Waals surface area contributed by atoms with Gasteiger partial charge in [-0.3, -0.25) is 14.6 Å². The Kier molecular flexibility index (Phi) is 5.05. The van der Waals surface area contributed by atoms with Gasteiger partial charge in [0, 0.05) is 12.1 Å². The standard InChI is InChI=1S/C17H18N2O3/c1-3-22-17(21)16-11(2)8-14(9-15(16)20)19-13-6-4-12(10-18)5-7-13/h4-7,11,16H,3,8-9H2,1-2H3. The van der Waals surface area contributed by atoms with Crippen molar-refractivity contribution in [3.05, 3.63) is 29.8 Å². The Morgan fingerprint density at radius 2 is 2.09 bits per heavy atom. The lowest BCUT2D eigenvalue weighted by Gasteiger charge is -2.26. The molecule has 22 heavy (non-hydrogen) atoms. The minimum atomic E-state index is -0.681. The summed E-state index contributed by atoms with van der Waals surface area (Å²) in [6, 6.07) is 8.92. The first-order valence-corrected chi connectivity index (χ1v) is 7.31. The number of rotatable bonds is 3. The minimum Gasteiger partial charge on any atom is -0.465 e. The van der Waals surface area contributed by atoms with Crippen molar-refractivity contribution in [2.24, 2.45) is 16.8 Å². The van der Waals surface area contributed by atoms with E-state index >= 15 is 0 Å². The van der Waals surface area contributed by atoms with Crippen LogP contribution in [0.4, 0.5) is 5.69 Å². The van der Waals surface area contributed by atoms with Gasteiger partial charge in [-0.1, -0.05) is 6.92 Å². The summed E-state index contributed by atoms with van der Waals surface area (Å²) in [6.45, 7) is 3.88. The molecule has 5 heteroatoms. The third-order valence-corrected chi connectivity index (χ3v) is 3.68. The van der Waals surface area contributed by atoms with Crippen molar-refractivity contribution in [3.63, 3.8) is 0 Å². The van der Waals surface area contributed by atoms with Crippen LogP contribution in [0.5, 0.6) is 0 Å². The number of esters is 1. The van der Waals surface area contributed by atoms with Gasteiger partial charge in [0.1, 0.15) is 5.92 Å². The predicted octanol–water partition coefficient (Wildman–Crippen LogP) is 2.81. The van der Waals surface area contributed by atoms with Crippen molar-refractivity contribution in [2.45, 2.75) is 26.7 Å². The van der Waals surface area contributed by atoms with Gasteiger partial charge >= 0.3 is 5.97 Å². The summed E-state index contributed by atoms with van der Waals surface area (Å²) in [4.78, 5) is 28.5. The van der Waals surface area contributed by atoms with Crippen molar-refractivity contribution in [3.8, 4) is 6.07 Å². The van der Waals surface area contributed by atoms with E-state index in [1.54, 1.807) is 31.2 Å². The van der Waals surface area contributed by atoms with E-state index in [9.17, 15) is 9.59 Å². The number of ketones is 1. The molecule has 1 saturated carbocycles. The monoisotopic (exact) mass is 298 g/mol. The zero-order valence-electron chi connectivity index (χ0n) is 12.7. The number of benzene rings is 1. The van der Waals surface area contributed by atoms with Gasteiger partial charge in [-0.05, 0) is 43.5 Å². The fraction of sp³-hybridized carbons (Fsp3) is 0.412. The molecule has 1 fully saturated rings. The summed E-state index contributed by atoms with van der Waals surface area (Å²) >= 11 is 0. The number of aliphatic imine (C=N–C) groups is 1. The van der Waals surface area contributed by atoms with Gasteiger partial charge in [-0.25, -0.2) is 0 Å². The third kappa shape index (κ3) is 3.59. The highest BCUT2D eigenvalue weighted by Gasteiger charge is 2.38. The van der Waals surface area contributed by atoms with E-state index < -0.39 is 11.9 Å². The molecule has 0 saturated heterocycles. The second-order valence-electron chi connectivity index (χ2n) is 5.39. The lowest BCUT2D eigenvalue weighted by Crippen LogP contribution is -2.38. The van der Waals surface area contributed by atoms with Gasteiger partial charge in [0.05, 0.1) is 23.9 Å². The molecule has 0 amide bonds. The van der Waals surface area contributed by atoms with E-state index in [2.05, 4.69) is 4.99 Å². The van der Waals surface area contributed by atoms with Crippen LogP contribution in [0.1, 0.15) is 32.3 Å². The molecule has 2 atom stereocenters. The fourth-order valence-corrected chi connectivity index (χ4v) is 2.66. The molecule has 0 aliphatic heterocycles. The molecule has 114 valence electrons. The number of carbonyl (C=O) groups is 2. The van der Waals surface area contributed by atoms with Gasteiger partial charge in [0.15, 0.2) is 5.78 Å². The van der Waals surface area contributed by atoms with Crippen LogP contribution in [0.2, 0.25) is 0 Å². The first-order valence-electron chi connectivity index (χ1n) is 7.31. The van der Waals surface area contributed by atoms with Crippen LogP contribution in [-0.4, -0.2) is 24.1 Å². The van der Waals surface area contributed by atoms with Crippen molar-refractivity contribution < 1.29 is 14.3 Å². The maximum atomic E-state index is 12.2. The maximum absolute atomic E-state index is 12.2. The van der Waals surface area contributed by atoms with Crippen molar-refractivity contribution in [2.75, 3.05) is 6.61 Å². The first kappa shape index (κ1) is 15.9. The van der Waals surface area contributed by atoms with Crippen LogP contribution < -0.4 is 0 Å². The molecule has 1 aromatic carbocycles. The Morgan fingerprint density at radius 1 is 1.41 bits per heavy atom. The number of ether oxygens (including phenoxy) is 1. The highest BCUT2D eigenvalue weighted by atomic mass is 16.5. The number of nitriles is 1. The van der Waals surface area contributed by atoms with E-state index in [0.29, 0.717) is 17.7 Å². The molecule has 0 heterocycles. The zero-order chi connectivity index (χ0) is 16.1. The fourth-order valence-electron chi connectivity index (χ4n) is 2.66. The lowest BCUT2D eigenvalue weighted by atomic mass is 9.78. The Labute approximate surface area is 129 Å². The summed E-state index contributed by atoms with van der Waals surface area (Å²) in [5, 5.41) is 8.77. The van der Waals surface area contributed by atoms with E-state index in [1.807, 2.05) is 13.0 Å². The molecule has 0 spiro atoms. The van der Waals surface area contributed by atoms with E-state index in [0.717, 1.165) is 5.71 Å². The number of carbonyl (C=O) groups excluding carboxylic acids is 2. The first-order chi connectivity index (χ1) is 10.5. The zero-order valence-corrected chi connectivity index (χ0v) is 12.7. The smallest absolute Gasteiger partial charge is 0.316 e. The van der Waals surface area contributed by atoms with Gasteiger partial charge in [0.25, 0.3) is 0 Å². The minimum absolute atomic E-state index is 0.113. The van der Waals surface area contributed by atoms with Crippen LogP contribution >= 0.6 is 0 Å². The van der Waals surface area contributed by atoms with Crippen LogP contribution in [0.25, 0.3) is 0 Å². The third-order valence-electron chi connectivity index (χ3n) is 3.68. The molecule has 2 rings (SSSR count). The van der Waals surface area contributed by atoms with Crippen molar-refractivity contribution in [1.82, 2.24) is 0 Å². The average Bonchev–Trinajstić information content (AvgIpc) is 2.47. The molecule has 1 aromatic rings. The number of Topliss-reactive ketones (excluding diaryl/α,β-unsaturated/α-hetero) is 1. The molecule has 5 nitrogen and oxygen atoms in total. The summed E-state index contributed by atoms with van der Waals surface area (Å²) in [6.07, 6.45) is 0.767. The van der Waals surface area contributed by atoms with Crippen LogP contribution in [-0.2, 0) is 14.3 Å². The maximum Gasteiger partial charge on any atom is 0.316 e. The SMILES string of the molecule is CCOC(=O)C1C(=O)CC(=Nc2ccc(C#N)cc2)CC1C. The van der Waals surface area contributed by atoms with Gasteiger partial charge in [-0.2, -0.15) is 5.26 Å². The number of nitrogens with zero attached hydrogens (tertiary/aromatic N) is 2. The van der Waals surface area contributed by atoms with Crippen LogP contribution in [0, 0.1) is 23.2 Å².